The van der Waals surface area contributed by atoms with E-state index < -0.39 is 4.92 Å². The van der Waals surface area contributed by atoms with Gasteiger partial charge in [0.15, 0.2) is 5.76 Å². The molecule has 1 aromatic carbocycles. The monoisotopic (exact) mass is 441 g/mol. The van der Waals surface area contributed by atoms with E-state index in [9.17, 15) is 20.3 Å². The van der Waals surface area contributed by atoms with Crippen LogP contribution in [0.3, 0.4) is 0 Å². The Bertz CT molecular complexity index is 1210. The summed E-state index contributed by atoms with van der Waals surface area (Å²) in [6.45, 7) is 1.26. The number of aromatic nitrogens is 3. The number of non-ortho nitro benzene ring substituents is 1. The van der Waals surface area contributed by atoms with Crippen molar-refractivity contribution in [3.8, 4) is 17.5 Å². The summed E-state index contributed by atoms with van der Waals surface area (Å²) >= 11 is 1.31. The van der Waals surface area contributed by atoms with E-state index in [0.29, 0.717) is 47.4 Å². The predicted molar refractivity (Wildman–Crippen MR) is 112 cm³/mol. The number of thiazole rings is 1. The molecule has 10 nitrogen and oxygen atoms in total. The van der Waals surface area contributed by atoms with E-state index in [1.54, 1.807) is 24.3 Å². The van der Waals surface area contributed by atoms with Crippen molar-refractivity contribution in [1.82, 2.24) is 19.5 Å². The highest BCUT2D eigenvalue weighted by Crippen LogP contribution is 2.41. The van der Waals surface area contributed by atoms with Gasteiger partial charge >= 0.3 is 0 Å². The molecule has 0 spiro atoms. The Balaban J connectivity index is 1.57. The minimum Gasteiger partial charge on any atom is -0.492 e. The number of furan rings is 1. The van der Waals surface area contributed by atoms with Crippen LogP contribution in [0, 0.1) is 10.1 Å². The second kappa shape index (κ2) is 7.76. The highest BCUT2D eigenvalue weighted by Gasteiger charge is 2.32. The summed E-state index contributed by atoms with van der Waals surface area (Å²) in [6, 6.07) is 9.48. The number of aromatic hydroxyl groups is 1. The molecule has 160 valence electrons. The number of hydrogen-bond acceptors (Lipinski definition) is 9. The van der Waals surface area contributed by atoms with Crippen molar-refractivity contribution in [2.24, 2.45) is 0 Å². The molecule has 0 amide bonds. The normalized spacial score (nSPS) is 16.7. The number of rotatable bonds is 5. The maximum atomic E-state index is 11.1. The molecule has 1 aliphatic rings. The summed E-state index contributed by atoms with van der Waals surface area (Å²) in [5.74, 6) is 0.861. The number of nitrogens with zero attached hydrogens (tertiary/aromatic N) is 5. The molecule has 0 saturated carbocycles. The molecule has 31 heavy (non-hydrogen) atoms. The number of nitro groups is 1. The van der Waals surface area contributed by atoms with Crippen molar-refractivity contribution in [1.29, 1.82) is 0 Å². The molecule has 4 aromatic rings. The Hall–Kier alpha value is -3.28. The fourth-order valence-electron chi connectivity index (χ4n) is 3.89. The van der Waals surface area contributed by atoms with Crippen molar-refractivity contribution in [3.05, 3.63) is 63.2 Å². The summed E-state index contributed by atoms with van der Waals surface area (Å²) in [7, 11) is 0. The number of hydrogen-bond donors (Lipinski definition) is 2. The minimum absolute atomic E-state index is 0.00604. The molecule has 1 aliphatic heterocycles. The zero-order valence-corrected chi connectivity index (χ0v) is 17.1. The highest BCUT2D eigenvalue weighted by atomic mass is 32.1. The summed E-state index contributed by atoms with van der Waals surface area (Å²) in [6.07, 6.45) is 2.42. The SMILES string of the molecule is O=[N+]([O-])c1ccc(C(c2sc3nc(-c4ccco4)nn3c2O)N2CCC(O)CC2)cc1. The molecule has 1 fully saturated rings. The molecule has 11 heteroatoms. The fourth-order valence-corrected chi connectivity index (χ4v) is 5.01. The molecule has 0 aliphatic carbocycles. The molecular formula is C20H19N5O5S. The van der Waals surface area contributed by atoms with Crippen LogP contribution in [0.15, 0.2) is 47.1 Å². The molecule has 4 heterocycles. The van der Waals surface area contributed by atoms with E-state index in [-0.39, 0.29) is 23.7 Å². The quantitative estimate of drug-likeness (QED) is 0.357. The molecule has 3 aromatic heterocycles. The van der Waals surface area contributed by atoms with E-state index in [1.807, 2.05) is 0 Å². The van der Waals surface area contributed by atoms with Gasteiger partial charge in [0.25, 0.3) is 5.69 Å². The third kappa shape index (κ3) is 3.56. The van der Waals surface area contributed by atoms with Gasteiger partial charge in [0.1, 0.15) is 0 Å². The smallest absolute Gasteiger partial charge is 0.269 e. The van der Waals surface area contributed by atoms with Gasteiger partial charge in [-0.2, -0.15) is 9.50 Å². The van der Waals surface area contributed by atoms with Crippen LogP contribution in [-0.4, -0.2) is 53.8 Å². The van der Waals surface area contributed by atoms with E-state index in [2.05, 4.69) is 15.0 Å². The van der Waals surface area contributed by atoms with Crippen LogP contribution in [0.2, 0.25) is 0 Å². The van der Waals surface area contributed by atoms with Gasteiger partial charge < -0.3 is 14.6 Å². The first kappa shape index (κ1) is 19.7. The van der Waals surface area contributed by atoms with E-state index in [4.69, 9.17) is 4.42 Å². The molecule has 0 radical (unpaired) electrons. The largest absolute Gasteiger partial charge is 0.492 e. The Morgan fingerprint density at radius 1 is 1.23 bits per heavy atom. The summed E-state index contributed by atoms with van der Waals surface area (Å²) in [5, 5.41) is 36.4. The van der Waals surface area contributed by atoms with Crippen LogP contribution >= 0.6 is 11.3 Å². The van der Waals surface area contributed by atoms with Gasteiger partial charge in [-0.15, -0.1) is 5.10 Å². The van der Waals surface area contributed by atoms with Gasteiger partial charge in [-0.3, -0.25) is 15.0 Å². The number of piperidine rings is 1. The lowest BCUT2D eigenvalue weighted by molar-refractivity contribution is -0.384. The van der Waals surface area contributed by atoms with Crippen LogP contribution in [0.25, 0.3) is 16.5 Å². The Morgan fingerprint density at radius 3 is 2.58 bits per heavy atom. The molecule has 0 bridgehead atoms. The third-order valence-electron chi connectivity index (χ3n) is 5.47. The topological polar surface area (TPSA) is 130 Å². The maximum absolute atomic E-state index is 11.1. The van der Waals surface area contributed by atoms with Gasteiger partial charge in [0.2, 0.25) is 16.7 Å². The van der Waals surface area contributed by atoms with E-state index in [0.717, 1.165) is 5.56 Å². The Kier molecular flexibility index (Phi) is 4.93. The highest BCUT2D eigenvalue weighted by molar-refractivity contribution is 7.17. The van der Waals surface area contributed by atoms with Gasteiger partial charge in [-0.05, 0) is 30.5 Å². The molecular weight excluding hydrogens is 422 g/mol. The van der Waals surface area contributed by atoms with Crippen LogP contribution in [0.5, 0.6) is 5.88 Å². The number of aliphatic hydroxyl groups is 1. The number of fused-ring (bicyclic) bond motifs is 1. The molecule has 1 unspecified atom stereocenters. The fraction of sp³-hybridized carbons (Fsp3) is 0.300. The van der Waals surface area contributed by atoms with Gasteiger partial charge in [-0.1, -0.05) is 23.5 Å². The van der Waals surface area contributed by atoms with Crippen molar-refractivity contribution >= 4 is 22.0 Å². The van der Waals surface area contributed by atoms with Crippen molar-refractivity contribution in [3.63, 3.8) is 0 Å². The first-order chi connectivity index (χ1) is 15.0. The second-order valence-corrected chi connectivity index (χ2v) is 8.42. The molecule has 1 atom stereocenters. The van der Waals surface area contributed by atoms with E-state index >= 15 is 0 Å². The number of nitro benzene ring substituents is 1. The van der Waals surface area contributed by atoms with Gasteiger partial charge in [0.05, 0.1) is 28.2 Å². The number of aliphatic hydroxyl groups excluding tert-OH is 1. The number of benzene rings is 1. The van der Waals surface area contributed by atoms with Gasteiger partial charge in [0, 0.05) is 25.2 Å². The first-order valence-corrected chi connectivity index (χ1v) is 10.6. The molecule has 2 N–H and O–H groups in total. The van der Waals surface area contributed by atoms with Crippen LogP contribution in [0.4, 0.5) is 5.69 Å². The maximum Gasteiger partial charge on any atom is 0.269 e. The average Bonchev–Trinajstić information content (AvgIpc) is 3.49. The summed E-state index contributed by atoms with van der Waals surface area (Å²) in [4.78, 5) is 18.4. The first-order valence-electron chi connectivity index (χ1n) is 9.80. The van der Waals surface area contributed by atoms with Crippen LogP contribution in [0.1, 0.15) is 29.3 Å². The predicted octanol–water partition coefficient (Wildman–Crippen LogP) is 3.21. The Labute approximate surface area is 180 Å². The molecule has 1 saturated heterocycles. The summed E-state index contributed by atoms with van der Waals surface area (Å²) in [5.41, 5.74) is 0.819. The van der Waals surface area contributed by atoms with Crippen molar-refractivity contribution in [2.45, 2.75) is 25.0 Å². The lowest BCUT2D eigenvalue weighted by atomic mass is 9.99. The minimum atomic E-state index is -0.438. The zero-order valence-electron chi connectivity index (χ0n) is 16.3. The van der Waals surface area contributed by atoms with E-state index in [1.165, 1.54) is 34.2 Å². The van der Waals surface area contributed by atoms with Crippen molar-refractivity contribution in [2.75, 3.05) is 13.1 Å². The third-order valence-corrected chi connectivity index (χ3v) is 6.55. The lowest BCUT2D eigenvalue weighted by Crippen LogP contribution is -2.38. The lowest BCUT2D eigenvalue weighted by Gasteiger charge is -2.35. The standard InChI is InChI=1S/C20H19N5O5S/c26-14-7-9-23(10-8-14)16(12-3-5-13(6-4-12)25(28)29)17-19(27)24-20(31-17)21-18(22-24)15-2-1-11-30-15/h1-6,11,14,16,26-27H,7-10H2. The van der Waals surface area contributed by atoms with Crippen LogP contribution in [-0.2, 0) is 0 Å². The number of likely N-dealkylation sites (tertiary alicyclic amines) is 1. The summed E-state index contributed by atoms with van der Waals surface area (Å²) < 4.78 is 6.72. The zero-order chi connectivity index (χ0) is 21.5. The second-order valence-electron chi connectivity index (χ2n) is 7.42. The van der Waals surface area contributed by atoms with Gasteiger partial charge in [-0.25, -0.2) is 0 Å². The van der Waals surface area contributed by atoms with Crippen molar-refractivity contribution < 1.29 is 19.6 Å². The van der Waals surface area contributed by atoms with Crippen LogP contribution < -0.4 is 0 Å². The Morgan fingerprint density at radius 2 is 1.97 bits per heavy atom. The molecule has 5 rings (SSSR count). The average molecular weight is 441 g/mol.